The molecule has 0 aliphatic heterocycles. The lowest BCUT2D eigenvalue weighted by Crippen LogP contribution is -2.17. The van der Waals surface area contributed by atoms with Crippen LogP contribution in [0.15, 0.2) is 0 Å². The van der Waals surface area contributed by atoms with Gasteiger partial charge in [-0.1, -0.05) is 0 Å². The average Bonchev–Trinajstić information content (AvgIpc) is 2.96. The fourth-order valence-corrected chi connectivity index (χ4v) is 2.78. The van der Waals surface area contributed by atoms with E-state index in [9.17, 15) is 0 Å². The molecule has 0 spiro atoms. The van der Waals surface area contributed by atoms with Gasteiger partial charge in [0.25, 0.3) is 0 Å². The summed E-state index contributed by atoms with van der Waals surface area (Å²) in [6, 6.07) is 0. The monoisotopic (exact) mass is 259 g/mol. The van der Waals surface area contributed by atoms with Crippen LogP contribution in [0.3, 0.4) is 0 Å². The second-order valence-corrected chi connectivity index (χ2v) is 6.03. The number of aromatic nitrogens is 2. The summed E-state index contributed by atoms with van der Waals surface area (Å²) < 4.78 is 9.75. The zero-order valence-corrected chi connectivity index (χ0v) is 11.3. The normalized spacial score (nSPS) is 17.4. The smallest absolute Gasteiger partial charge is 0.202 e. The summed E-state index contributed by atoms with van der Waals surface area (Å²) in [5, 5.41) is 4.31. The van der Waals surface area contributed by atoms with Crippen LogP contribution in [-0.2, 0) is 11.2 Å². The molecule has 4 nitrogen and oxygen atoms in total. The molecule has 1 N–H and O–H groups in total. The number of thioether (sulfide) groups is 1. The van der Waals surface area contributed by atoms with Crippen molar-refractivity contribution in [3.8, 4) is 0 Å². The van der Waals surface area contributed by atoms with E-state index in [1.54, 1.807) is 7.11 Å². The van der Waals surface area contributed by atoms with E-state index >= 15 is 0 Å². The van der Waals surface area contributed by atoms with Crippen LogP contribution in [0, 0.1) is 0 Å². The van der Waals surface area contributed by atoms with Crippen LogP contribution in [0.25, 0.3) is 0 Å². The Morgan fingerprint density at radius 3 is 3.00 bits per heavy atom. The highest BCUT2D eigenvalue weighted by Gasteiger charge is 2.41. The first-order valence-corrected chi connectivity index (χ1v) is 7.38. The molecule has 0 bridgehead atoms. The molecule has 0 atom stereocenters. The molecule has 1 aliphatic rings. The summed E-state index contributed by atoms with van der Waals surface area (Å²) in [6.45, 7) is 1.69. The molecule has 1 saturated carbocycles. The highest BCUT2D eigenvalue weighted by atomic mass is 32.2. The third kappa shape index (κ3) is 3.09. The maximum Gasteiger partial charge on any atom is 0.202 e. The summed E-state index contributed by atoms with van der Waals surface area (Å²) in [5.41, 5.74) is 0. The van der Waals surface area contributed by atoms with Gasteiger partial charge in [-0.2, -0.15) is 16.1 Å². The van der Waals surface area contributed by atoms with Crippen LogP contribution < -0.4 is 5.32 Å². The van der Waals surface area contributed by atoms with Gasteiger partial charge in [0.2, 0.25) is 5.13 Å². The molecule has 1 fully saturated rings. The lowest BCUT2D eigenvalue weighted by atomic mass is 10.4. The molecule has 1 aliphatic carbocycles. The van der Waals surface area contributed by atoms with E-state index in [2.05, 4.69) is 20.9 Å². The highest BCUT2D eigenvalue weighted by Crippen LogP contribution is 2.47. The molecule has 0 radical (unpaired) electrons. The molecular formula is C10H17N3OS2. The second kappa shape index (κ2) is 5.33. The number of nitrogens with zero attached hydrogens (tertiary/aromatic N) is 2. The van der Waals surface area contributed by atoms with Crippen molar-refractivity contribution in [2.75, 3.05) is 31.8 Å². The Balaban J connectivity index is 1.79. The number of methoxy groups -OCH3 is 1. The third-order valence-electron chi connectivity index (χ3n) is 2.80. The predicted octanol–water partition coefficient (Wildman–Crippen LogP) is 2.03. The summed E-state index contributed by atoms with van der Waals surface area (Å²) in [4.78, 5) is 4.42. The van der Waals surface area contributed by atoms with E-state index in [-0.39, 0.29) is 0 Å². The number of anilines is 1. The van der Waals surface area contributed by atoms with E-state index in [0.717, 1.165) is 23.9 Å². The minimum absolute atomic E-state index is 0.471. The Bertz CT molecular complexity index is 339. The van der Waals surface area contributed by atoms with Gasteiger partial charge in [-0.15, -0.1) is 0 Å². The lowest BCUT2D eigenvalue weighted by molar-refractivity contribution is 0.201. The quantitative estimate of drug-likeness (QED) is 0.812. The van der Waals surface area contributed by atoms with Crippen LogP contribution in [0.5, 0.6) is 0 Å². The van der Waals surface area contributed by atoms with Crippen molar-refractivity contribution in [3.05, 3.63) is 5.82 Å². The Hall–Kier alpha value is -0.330. The summed E-state index contributed by atoms with van der Waals surface area (Å²) in [7, 11) is 1.70. The molecule has 6 heteroatoms. The summed E-state index contributed by atoms with van der Waals surface area (Å²) in [5.74, 6) is 0.878. The van der Waals surface area contributed by atoms with Crippen LogP contribution in [-0.4, -0.2) is 40.6 Å². The Kier molecular flexibility index (Phi) is 4.05. The van der Waals surface area contributed by atoms with Crippen LogP contribution in [0.4, 0.5) is 5.13 Å². The molecular weight excluding hydrogens is 242 g/mol. The van der Waals surface area contributed by atoms with Gasteiger partial charge in [0.05, 0.1) is 6.61 Å². The van der Waals surface area contributed by atoms with Gasteiger partial charge in [0.15, 0.2) is 0 Å². The molecule has 16 heavy (non-hydrogen) atoms. The van der Waals surface area contributed by atoms with E-state index in [1.807, 2.05) is 11.8 Å². The van der Waals surface area contributed by atoms with Crippen molar-refractivity contribution < 1.29 is 4.74 Å². The molecule has 1 heterocycles. The summed E-state index contributed by atoms with van der Waals surface area (Å²) >= 11 is 3.39. The first-order chi connectivity index (χ1) is 7.78. The van der Waals surface area contributed by atoms with Crippen molar-refractivity contribution in [1.29, 1.82) is 0 Å². The number of ether oxygens (including phenoxy) is 1. The van der Waals surface area contributed by atoms with Crippen molar-refractivity contribution >= 4 is 28.4 Å². The van der Waals surface area contributed by atoms with Gasteiger partial charge in [0.1, 0.15) is 5.82 Å². The van der Waals surface area contributed by atoms with Crippen molar-refractivity contribution in [3.63, 3.8) is 0 Å². The lowest BCUT2D eigenvalue weighted by Gasteiger charge is -2.11. The Morgan fingerprint density at radius 2 is 2.38 bits per heavy atom. The van der Waals surface area contributed by atoms with Gasteiger partial charge >= 0.3 is 0 Å². The van der Waals surface area contributed by atoms with E-state index < -0.39 is 0 Å². The second-order valence-electron chi connectivity index (χ2n) is 4.00. The van der Waals surface area contributed by atoms with E-state index in [0.29, 0.717) is 11.4 Å². The minimum atomic E-state index is 0.471. The zero-order valence-electron chi connectivity index (χ0n) is 9.65. The topological polar surface area (TPSA) is 47.0 Å². The number of nitrogens with one attached hydrogen (secondary N) is 1. The van der Waals surface area contributed by atoms with E-state index in [1.165, 1.54) is 24.4 Å². The molecule has 0 amide bonds. The SMILES string of the molecule is COCCc1nsc(NCC2(SC)CC2)n1. The van der Waals surface area contributed by atoms with Gasteiger partial charge in [-0.3, -0.25) is 0 Å². The fraction of sp³-hybridized carbons (Fsp3) is 0.800. The molecule has 0 unspecified atom stereocenters. The number of hydrogen-bond donors (Lipinski definition) is 1. The Morgan fingerprint density at radius 1 is 1.56 bits per heavy atom. The first-order valence-electron chi connectivity index (χ1n) is 5.38. The van der Waals surface area contributed by atoms with Crippen LogP contribution in [0.1, 0.15) is 18.7 Å². The molecule has 2 rings (SSSR count). The Labute approximate surface area is 104 Å². The fourth-order valence-electron chi connectivity index (χ4n) is 1.45. The molecule has 0 aromatic carbocycles. The first kappa shape index (κ1) is 12.1. The largest absolute Gasteiger partial charge is 0.384 e. The maximum absolute atomic E-state index is 5.00. The average molecular weight is 259 g/mol. The minimum Gasteiger partial charge on any atom is -0.384 e. The number of rotatable bonds is 7. The third-order valence-corrected chi connectivity index (χ3v) is 4.93. The van der Waals surface area contributed by atoms with Gasteiger partial charge in [-0.25, -0.2) is 4.98 Å². The van der Waals surface area contributed by atoms with Gasteiger partial charge in [0, 0.05) is 36.4 Å². The maximum atomic E-state index is 5.00. The molecule has 0 saturated heterocycles. The van der Waals surface area contributed by atoms with Crippen molar-refractivity contribution in [2.24, 2.45) is 0 Å². The van der Waals surface area contributed by atoms with Gasteiger partial charge < -0.3 is 10.1 Å². The number of hydrogen-bond acceptors (Lipinski definition) is 6. The van der Waals surface area contributed by atoms with Gasteiger partial charge in [-0.05, 0) is 19.1 Å². The molecule has 90 valence electrons. The zero-order chi connectivity index (χ0) is 11.4. The standard InChI is InChI=1S/C10H17N3OS2/c1-14-6-3-8-12-9(16-13-8)11-7-10(15-2)4-5-10/h3-7H2,1-2H3,(H,11,12,13). The molecule has 1 aromatic heterocycles. The van der Waals surface area contributed by atoms with Crippen molar-refractivity contribution in [1.82, 2.24) is 9.36 Å². The van der Waals surface area contributed by atoms with Crippen LogP contribution >= 0.6 is 23.3 Å². The van der Waals surface area contributed by atoms with E-state index in [4.69, 9.17) is 4.74 Å². The van der Waals surface area contributed by atoms with Crippen LogP contribution in [0.2, 0.25) is 0 Å². The molecule has 1 aromatic rings. The highest BCUT2D eigenvalue weighted by molar-refractivity contribution is 8.00. The van der Waals surface area contributed by atoms with Crippen molar-refractivity contribution in [2.45, 2.75) is 24.0 Å². The predicted molar refractivity (Wildman–Crippen MR) is 69.5 cm³/mol. The summed E-state index contributed by atoms with van der Waals surface area (Å²) in [6.07, 6.45) is 5.61.